The van der Waals surface area contributed by atoms with E-state index in [1.165, 1.54) is 6.07 Å². The Morgan fingerprint density at radius 1 is 1.00 bits per heavy atom. The van der Waals surface area contributed by atoms with E-state index in [0.29, 0.717) is 19.4 Å². The maximum absolute atomic E-state index is 12.3. The second kappa shape index (κ2) is 12.2. The lowest BCUT2D eigenvalue weighted by atomic mass is 9.78. The van der Waals surface area contributed by atoms with E-state index in [2.05, 4.69) is 72.5 Å². The Morgan fingerprint density at radius 3 is 2.34 bits per heavy atom. The number of aryl methyl sites for hydroxylation is 1. The second-order valence-corrected chi connectivity index (χ2v) is 15.5. The van der Waals surface area contributed by atoms with Gasteiger partial charge in [-0.2, -0.15) is 0 Å². The zero-order chi connectivity index (χ0) is 31.7. The third-order valence-corrected chi connectivity index (χ3v) is 9.64. The summed E-state index contributed by atoms with van der Waals surface area (Å²) in [5.74, 6) is -0.0665. The van der Waals surface area contributed by atoms with Crippen LogP contribution >= 0.6 is 11.8 Å². The van der Waals surface area contributed by atoms with Gasteiger partial charge in [0.25, 0.3) is 0 Å². The smallest absolute Gasteiger partial charge is 0.309 e. The zero-order valence-corrected chi connectivity index (χ0v) is 27.0. The number of hydrogen-bond donors (Lipinski definition) is 3. The summed E-state index contributed by atoms with van der Waals surface area (Å²) < 4.78 is 5.64. The first-order valence-electron chi connectivity index (χ1n) is 14.9. The Balaban J connectivity index is 1.55. The molecular formula is C36H41N3O4S. The number of ether oxygens (including phenoxy) is 1. The highest BCUT2D eigenvalue weighted by Crippen LogP contribution is 2.57. The molecule has 2 unspecified atom stereocenters. The number of benzene rings is 2. The fraction of sp³-hybridized carbons (Fsp3) is 0.361. The van der Waals surface area contributed by atoms with E-state index in [1.807, 2.05) is 49.1 Å². The van der Waals surface area contributed by atoms with Gasteiger partial charge in [-0.1, -0.05) is 51.1 Å². The summed E-state index contributed by atoms with van der Waals surface area (Å²) in [6, 6.07) is 21.8. The number of hydrogen-bond acceptors (Lipinski definition) is 6. The fourth-order valence-corrected chi connectivity index (χ4v) is 7.67. The standard InChI is InChI=1S/C36H41N3O4S/c1-23-7-13-27(37-20-23)22-43-28-14-15-30-29(17-28)36(44-34(2,3)4,31(39-30)19-35(5,6)33(41)42)18-24-8-10-25(11-9-24)26-12-16-32(40)38-21-26/h7-17,20-21,31,39H,18-19,22H2,1-6H3,(H,38,40)(H,41,42). The van der Waals surface area contributed by atoms with E-state index >= 15 is 0 Å². The largest absolute Gasteiger partial charge is 0.487 e. The van der Waals surface area contributed by atoms with Crippen molar-refractivity contribution in [3.8, 4) is 16.9 Å². The van der Waals surface area contributed by atoms with Crippen LogP contribution in [0.2, 0.25) is 0 Å². The van der Waals surface area contributed by atoms with Crippen molar-refractivity contribution in [2.75, 3.05) is 5.32 Å². The predicted octanol–water partition coefficient (Wildman–Crippen LogP) is 7.59. The molecule has 230 valence electrons. The number of carboxylic acid groups (broad SMARTS) is 1. The molecule has 0 saturated carbocycles. The lowest BCUT2D eigenvalue weighted by molar-refractivity contribution is -0.147. The number of carboxylic acids is 1. The van der Waals surface area contributed by atoms with Crippen LogP contribution in [0.3, 0.4) is 0 Å². The van der Waals surface area contributed by atoms with Gasteiger partial charge in [-0.05, 0) is 91.8 Å². The third kappa shape index (κ3) is 7.02. The van der Waals surface area contributed by atoms with Gasteiger partial charge in [0.2, 0.25) is 5.56 Å². The molecule has 3 N–H and O–H groups in total. The van der Waals surface area contributed by atoms with Gasteiger partial charge in [0.05, 0.1) is 15.9 Å². The molecule has 7 nitrogen and oxygen atoms in total. The predicted molar refractivity (Wildman–Crippen MR) is 178 cm³/mol. The molecule has 0 saturated heterocycles. The van der Waals surface area contributed by atoms with E-state index in [-0.39, 0.29) is 16.3 Å². The highest BCUT2D eigenvalue weighted by Gasteiger charge is 2.52. The van der Waals surface area contributed by atoms with Gasteiger partial charge in [-0.3, -0.25) is 14.6 Å². The van der Waals surface area contributed by atoms with Crippen molar-refractivity contribution in [2.45, 2.75) is 76.5 Å². The topological polar surface area (TPSA) is 104 Å². The van der Waals surface area contributed by atoms with Crippen LogP contribution in [-0.4, -0.2) is 31.8 Å². The molecule has 2 aromatic carbocycles. The molecule has 0 radical (unpaired) electrons. The number of pyridine rings is 2. The first kappa shape index (κ1) is 31.4. The van der Waals surface area contributed by atoms with Crippen molar-refractivity contribution in [1.29, 1.82) is 0 Å². The Morgan fingerprint density at radius 2 is 1.73 bits per heavy atom. The van der Waals surface area contributed by atoms with Crippen molar-refractivity contribution in [1.82, 2.24) is 9.97 Å². The quantitative estimate of drug-likeness (QED) is 0.170. The molecule has 0 spiro atoms. The van der Waals surface area contributed by atoms with Crippen molar-refractivity contribution >= 4 is 23.4 Å². The summed E-state index contributed by atoms with van der Waals surface area (Å²) >= 11 is 1.87. The second-order valence-electron chi connectivity index (χ2n) is 13.3. The SMILES string of the molecule is Cc1ccc(COc2ccc3c(c2)C(Cc2ccc(-c4ccc(=O)[nH]c4)cc2)(SC(C)(C)C)C(CC(C)(C)C(=O)O)N3)nc1. The van der Waals surface area contributed by atoms with Crippen LogP contribution < -0.4 is 15.6 Å². The van der Waals surface area contributed by atoms with Crippen LogP contribution in [0, 0.1) is 12.3 Å². The number of aromatic amines is 1. The molecule has 5 rings (SSSR count). The number of nitrogens with zero attached hydrogens (tertiary/aromatic N) is 1. The van der Waals surface area contributed by atoms with Crippen molar-refractivity contribution in [3.05, 3.63) is 112 Å². The van der Waals surface area contributed by atoms with Crippen molar-refractivity contribution < 1.29 is 14.6 Å². The maximum Gasteiger partial charge on any atom is 0.309 e. The zero-order valence-electron chi connectivity index (χ0n) is 26.2. The van der Waals surface area contributed by atoms with Crippen LogP contribution in [-0.2, 0) is 22.6 Å². The summed E-state index contributed by atoms with van der Waals surface area (Å²) in [6.07, 6.45) is 4.69. The van der Waals surface area contributed by atoms with E-state index in [0.717, 1.165) is 44.9 Å². The van der Waals surface area contributed by atoms with Gasteiger partial charge in [-0.25, -0.2) is 0 Å². The average molecular weight is 612 g/mol. The van der Waals surface area contributed by atoms with E-state index < -0.39 is 16.1 Å². The summed E-state index contributed by atoms with van der Waals surface area (Å²) in [7, 11) is 0. The number of fused-ring (bicyclic) bond motifs is 1. The fourth-order valence-electron chi connectivity index (χ4n) is 5.77. The van der Waals surface area contributed by atoms with E-state index in [4.69, 9.17) is 4.74 Å². The molecule has 0 aliphatic carbocycles. The number of rotatable bonds is 10. The van der Waals surface area contributed by atoms with E-state index in [1.54, 1.807) is 20.0 Å². The van der Waals surface area contributed by atoms with Crippen molar-refractivity contribution in [3.63, 3.8) is 0 Å². The van der Waals surface area contributed by atoms with Crippen LogP contribution in [0.4, 0.5) is 5.69 Å². The molecule has 44 heavy (non-hydrogen) atoms. The van der Waals surface area contributed by atoms with Gasteiger partial charge >= 0.3 is 5.97 Å². The Hall–Kier alpha value is -4.04. The number of aliphatic carboxylic acids is 1. The minimum atomic E-state index is -0.937. The molecule has 1 aliphatic heterocycles. The van der Waals surface area contributed by atoms with Crippen LogP contribution in [0.25, 0.3) is 11.1 Å². The van der Waals surface area contributed by atoms with Crippen molar-refractivity contribution in [2.24, 2.45) is 5.41 Å². The third-order valence-electron chi connectivity index (χ3n) is 8.02. The first-order valence-corrected chi connectivity index (χ1v) is 15.7. The van der Waals surface area contributed by atoms with Gasteiger partial charge in [0, 0.05) is 34.9 Å². The van der Waals surface area contributed by atoms with Gasteiger partial charge in [0.15, 0.2) is 0 Å². The summed E-state index contributed by atoms with van der Waals surface area (Å²) in [5, 5.41) is 13.9. The first-order chi connectivity index (χ1) is 20.7. The van der Waals surface area contributed by atoms with Crippen LogP contribution in [0.1, 0.15) is 63.4 Å². The van der Waals surface area contributed by atoms with Crippen LogP contribution in [0.5, 0.6) is 5.75 Å². The molecule has 2 aromatic heterocycles. The molecule has 1 aliphatic rings. The lowest BCUT2D eigenvalue weighted by Crippen LogP contribution is -2.44. The molecule has 0 fully saturated rings. The number of H-pyrrole nitrogens is 1. The summed E-state index contributed by atoms with van der Waals surface area (Å²) in [5.41, 5.74) is 6.09. The maximum atomic E-state index is 12.3. The number of carbonyl (C=O) groups is 1. The highest BCUT2D eigenvalue weighted by molar-refractivity contribution is 8.01. The van der Waals surface area contributed by atoms with Gasteiger partial charge in [-0.15, -0.1) is 11.8 Å². The lowest BCUT2D eigenvalue weighted by Gasteiger charge is -2.42. The van der Waals surface area contributed by atoms with E-state index in [9.17, 15) is 14.7 Å². The Kier molecular flexibility index (Phi) is 8.67. The normalized spacial score (nSPS) is 18.0. The molecule has 0 amide bonds. The van der Waals surface area contributed by atoms with Gasteiger partial charge in [0.1, 0.15) is 12.4 Å². The Bertz CT molecular complexity index is 1670. The summed E-state index contributed by atoms with van der Waals surface area (Å²) in [4.78, 5) is 31.1. The van der Waals surface area contributed by atoms with Gasteiger partial charge < -0.3 is 20.1 Å². The number of anilines is 1. The average Bonchev–Trinajstić information content (AvgIpc) is 3.23. The number of thioether (sulfide) groups is 1. The monoisotopic (exact) mass is 611 g/mol. The highest BCUT2D eigenvalue weighted by atomic mass is 32.2. The molecule has 2 atom stereocenters. The molecule has 3 heterocycles. The number of aromatic nitrogens is 2. The summed E-state index contributed by atoms with van der Waals surface area (Å²) in [6.45, 7) is 12.6. The molecule has 0 bridgehead atoms. The van der Waals surface area contributed by atoms with Crippen LogP contribution in [0.15, 0.2) is 83.9 Å². The molecular weight excluding hydrogens is 570 g/mol. The minimum Gasteiger partial charge on any atom is -0.487 e. The molecule has 8 heteroatoms. The number of nitrogens with one attached hydrogen (secondary N) is 2. The Labute approximate surface area is 263 Å². The minimum absolute atomic E-state index is 0.132. The molecule has 4 aromatic rings.